The van der Waals surface area contributed by atoms with Crippen molar-refractivity contribution in [3.05, 3.63) is 29.6 Å². The average Bonchev–Trinajstić information content (AvgIpc) is 2.40. The van der Waals surface area contributed by atoms with E-state index in [0.717, 1.165) is 32.4 Å². The molecule has 3 nitrogen and oxygen atoms in total. The van der Waals surface area contributed by atoms with Gasteiger partial charge in [0.1, 0.15) is 11.9 Å². The van der Waals surface area contributed by atoms with Crippen LogP contribution >= 0.6 is 0 Å². The third kappa shape index (κ3) is 3.44. The van der Waals surface area contributed by atoms with E-state index in [0.29, 0.717) is 11.8 Å². The van der Waals surface area contributed by atoms with Gasteiger partial charge in [0.25, 0.3) is 0 Å². The van der Waals surface area contributed by atoms with Crippen LogP contribution in [0.4, 0.5) is 10.1 Å². The molecule has 0 aliphatic carbocycles. The van der Waals surface area contributed by atoms with Crippen LogP contribution in [0.1, 0.15) is 31.2 Å². The van der Waals surface area contributed by atoms with Crippen molar-refractivity contribution in [3.8, 4) is 6.07 Å². The van der Waals surface area contributed by atoms with Crippen LogP contribution in [0.15, 0.2) is 18.2 Å². The van der Waals surface area contributed by atoms with E-state index in [1.165, 1.54) is 18.6 Å². The minimum absolute atomic E-state index is 0.0798. The summed E-state index contributed by atoms with van der Waals surface area (Å²) in [6.07, 6.45) is 4.76. The first kappa shape index (κ1) is 12.8. The maximum atomic E-state index is 13.3. The smallest absolute Gasteiger partial charge is 0.143 e. The number of nitriles is 1. The quantitative estimate of drug-likeness (QED) is 0.890. The van der Waals surface area contributed by atoms with E-state index in [-0.39, 0.29) is 5.56 Å². The number of benzene rings is 1. The third-order valence-corrected chi connectivity index (χ3v) is 3.16. The molecule has 4 heteroatoms. The summed E-state index contributed by atoms with van der Waals surface area (Å²) in [5.74, 6) is -0.476. The lowest BCUT2D eigenvalue weighted by atomic mass is 10.1. The third-order valence-electron chi connectivity index (χ3n) is 3.16. The second-order valence-corrected chi connectivity index (χ2v) is 4.51. The van der Waals surface area contributed by atoms with Crippen molar-refractivity contribution in [2.24, 2.45) is 0 Å². The molecule has 1 unspecified atom stereocenters. The summed E-state index contributed by atoms with van der Waals surface area (Å²) in [6.45, 7) is 1.62. The van der Waals surface area contributed by atoms with E-state index in [9.17, 15) is 4.39 Å². The number of hydrogen-bond donors (Lipinski definition) is 1. The van der Waals surface area contributed by atoms with Gasteiger partial charge in [-0.05, 0) is 43.9 Å². The summed E-state index contributed by atoms with van der Waals surface area (Å²) in [7, 11) is 0. The molecule has 1 aromatic rings. The molecule has 0 spiro atoms. The van der Waals surface area contributed by atoms with Crippen LogP contribution in [0.2, 0.25) is 0 Å². The Bertz CT molecular complexity index is 436. The standard InChI is InChI=1S/C14H17FN2O/c15-14-9-12(5-4-11(14)10-16)17-7-6-13-3-1-2-8-18-13/h4-5,9,13,17H,1-3,6-8H2. The van der Waals surface area contributed by atoms with E-state index < -0.39 is 5.82 Å². The molecule has 0 amide bonds. The zero-order valence-electron chi connectivity index (χ0n) is 10.3. The van der Waals surface area contributed by atoms with Crippen molar-refractivity contribution in [1.29, 1.82) is 5.26 Å². The Labute approximate surface area is 107 Å². The summed E-state index contributed by atoms with van der Waals surface area (Å²) in [6, 6.07) is 6.39. The molecule has 1 aliphatic heterocycles. The van der Waals surface area contributed by atoms with Crippen LogP contribution in [0, 0.1) is 17.1 Å². The number of rotatable bonds is 4. The van der Waals surface area contributed by atoms with Gasteiger partial charge in [0, 0.05) is 18.8 Å². The van der Waals surface area contributed by atoms with Gasteiger partial charge in [-0.2, -0.15) is 5.26 Å². The van der Waals surface area contributed by atoms with Gasteiger partial charge in [0.05, 0.1) is 11.7 Å². The van der Waals surface area contributed by atoms with Crippen LogP contribution in [-0.2, 0) is 4.74 Å². The van der Waals surface area contributed by atoms with Gasteiger partial charge in [-0.15, -0.1) is 0 Å². The average molecular weight is 248 g/mol. The monoisotopic (exact) mass is 248 g/mol. The fourth-order valence-corrected chi connectivity index (χ4v) is 2.13. The molecule has 0 radical (unpaired) electrons. The van der Waals surface area contributed by atoms with Crippen molar-refractivity contribution < 1.29 is 9.13 Å². The van der Waals surface area contributed by atoms with Crippen LogP contribution in [0.3, 0.4) is 0 Å². The summed E-state index contributed by atoms with van der Waals surface area (Å²) < 4.78 is 19.0. The Hall–Kier alpha value is -1.60. The Morgan fingerprint density at radius 1 is 1.44 bits per heavy atom. The van der Waals surface area contributed by atoms with E-state index >= 15 is 0 Å². The SMILES string of the molecule is N#Cc1ccc(NCCC2CCCCO2)cc1F. The zero-order chi connectivity index (χ0) is 12.8. The molecule has 1 aromatic carbocycles. The highest BCUT2D eigenvalue weighted by atomic mass is 19.1. The highest BCUT2D eigenvalue weighted by Gasteiger charge is 2.13. The van der Waals surface area contributed by atoms with Gasteiger partial charge in [-0.25, -0.2) is 4.39 Å². The maximum absolute atomic E-state index is 13.3. The topological polar surface area (TPSA) is 45.0 Å². The van der Waals surface area contributed by atoms with Crippen LogP contribution in [-0.4, -0.2) is 19.3 Å². The summed E-state index contributed by atoms with van der Waals surface area (Å²) >= 11 is 0. The molecule has 1 fully saturated rings. The van der Waals surface area contributed by atoms with Gasteiger partial charge >= 0.3 is 0 Å². The van der Waals surface area contributed by atoms with Crippen molar-refractivity contribution >= 4 is 5.69 Å². The lowest BCUT2D eigenvalue weighted by molar-refractivity contribution is 0.0134. The number of nitrogens with zero attached hydrogens (tertiary/aromatic N) is 1. The second kappa shape index (κ2) is 6.36. The Balaban J connectivity index is 1.79. The first-order valence-corrected chi connectivity index (χ1v) is 6.35. The normalized spacial score (nSPS) is 19.2. The number of nitrogens with one attached hydrogen (secondary N) is 1. The lowest BCUT2D eigenvalue weighted by Crippen LogP contribution is -2.22. The Morgan fingerprint density at radius 2 is 2.33 bits per heavy atom. The van der Waals surface area contributed by atoms with Crippen molar-refractivity contribution in [2.75, 3.05) is 18.5 Å². The van der Waals surface area contributed by atoms with E-state index in [1.807, 2.05) is 6.07 Å². The van der Waals surface area contributed by atoms with Gasteiger partial charge < -0.3 is 10.1 Å². The van der Waals surface area contributed by atoms with Gasteiger partial charge in [-0.3, -0.25) is 0 Å². The number of anilines is 1. The molecule has 2 rings (SSSR count). The second-order valence-electron chi connectivity index (χ2n) is 4.51. The molecule has 18 heavy (non-hydrogen) atoms. The number of ether oxygens (including phenoxy) is 1. The Morgan fingerprint density at radius 3 is 3.00 bits per heavy atom. The fourth-order valence-electron chi connectivity index (χ4n) is 2.13. The van der Waals surface area contributed by atoms with Crippen molar-refractivity contribution in [2.45, 2.75) is 31.8 Å². The summed E-state index contributed by atoms with van der Waals surface area (Å²) in [5, 5.41) is 11.8. The van der Waals surface area contributed by atoms with E-state index in [1.54, 1.807) is 6.07 Å². The first-order valence-electron chi connectivity index (χ1n) is 6.35. The Kier molecular flexibility index (Phi) is 4.54. The van der Waals surface area contributed by atoms with Crippen LogP contribution in [0.5, 0.6) is 0 Å². The minimum atomic E-state index is -0.476. The largest absolute Gasteiger partial charge is 0.385 e. The van der Waals surface area contributed by atoms with Crippen LogP contribution < -0.4 is 5.32 Å². The minimum Gasteiger partial charge on any atom is -0.385 e. The first-order chi connectivity index (χ1) is 8.79. The summed E-state index contributed by atoms with van der Waals surface area (Å²) in [5.41, 5.74) is 0.790. The van der Waals surface area contributed by atoms with Gasteiger partial charge in [-0.1, -0.05) is 0 Å². The van der Waals surface area contributed by atoms with Crippen molar-refractivity contribution in [3.63, 3.8) is 0 Å². The zero-order valence-corrected chi connectivity index (χ0v) is 10.3. The molecule has 1 heterocycles. The molecule has 0 saturated carbocycles. The molecule has 0 bridgehead atoms. The number of halogens is 1. The van der Waals surface area contributed by atoms with Crippen LogP contribution in [0.25, 0.3) is 0 Å². The highest BCUT2D eigenvalue weighted by molar-refractivity contribution is 5.48. The van der Waals surface area contributed by atoms with Gasteiger partial charge in [0.15, 0.2) is 0 Å². The highest BCUT2D eigenvalue weighted by Crippen LogP contribution is 2.17. The maximum Gasteiger partial charge on any atom is 0.143 e. The molecular formula is C14H17FN2O. The molecule has 0 aromatic heterocycles. The predicted molar refractivity (Wildman–Crippen MR) is 67.8 cm³/mol. The van der Waals surface area contributed by atoms with Gasteiger partial charge in [0.2, 0.25) is 0 Å². The predicted octanol–water partition coefficient (Wildman–Crippen LogP) is 3.07. The van der Waals surface area contributed by atoms with E-state index in [2.05, 4.69) is 5.32 Å². The molecule has 1 saturated heterocycles. The molecule has 96 valence electrons. The molecule has 1 aliphatic rings. The fraction of sp³-hybridized carbons (Fsp3) is 0.500. The molecular weight excluding hydrogens is 231 g/mol. The molecule has 1 N–H and O–H groups in total. The summed E-state index contributed by atoms with van der Waals surface area (Å²) in [4.78, 5) is 0. The van der Waals surface area contributed by atoms with E-state index in [4.69, 9.17) is 10.00 Å². The number of hydrogen-bond acceptors (Lipinski definition) is 3. The van der Waals surface area contributed by atoms with Crippen molar-refractivity contribution in [1.82, 2.24) is 0 Å². The lowest BCUT2D eigenvalue weighted by Gasteiger charge is -2.22. The molecule has 1 atom stereocenters.